The van der Waals surface area contributed by atoms with Gasteiger partial charge < -0.3 is 14.7 Å². The molecule has 2 heterocycles. The summed E-state index contributed by atoms with van der Waals surface area (Å²) < 4.78 is 0. The summed E-state index contributed by atoms with van der Waals surface area (Å²) in [6.07, 6.45) is 1.96. The summed E-state index contributed by atoms with van der Waals surface area (Å²) in [5, 5.41) is 0. The fraction of sp³-hybridized carbons (Fsp3) is 0.500. The topological polar surface area (TPSA) is 60.9 Å². The zero-order chi connectivity index (χ0) is 17.3. The van der Waals surface area contributed by atoms with Crippen LogP contribution in [-0.4, -0.2) is 60.2 Å². The number of benzene rings is 1. The summed E-state index contributed by atoms with van der Waals surface area (Å²) in [6.45, 7) is 2.78. The molecule has 0 bridgehead atoms. The van der Waals surface area contributed by atoms with Gasteiger partial charge in [0.05, 0.1) is 6.04 Å². The summed E-state index contributed by atoms with van der Waals surface area (Å²) in [5.41, 5.74) is 1.96. The van der Waals surface area contributed by atoms with Gasteiger partial charge in [0.1, 0.15) is 6.54 Å². The summed E-state index contributed by atoms with van der Waals surface area (Å²) in [5.74, 6) is -0.0485. The van der Waals surface area contributed by atoms with Crippen molar-refractivity contribution in [2.45, 2.75) is 32.2 Å². The van der Waals surface area contributed by atoms with Crippen LogP contribution in [0.25, 0.3) is 0 Å². The second kappa shape index (κ2) is 6.63. The van der Waals surface area contributed by atoms with Crippen LogP contribution >= 0.6 is 0 Å². The van der Waals surface area contributed by atoms with Gasteiger partial charge in [-0.05, 0) is 24.5 Å². The van der Waals surface area contributed by atoms with Crippen LogP contribution in [0.5, 0.6) is 0 Å². The Kier molecular flexibility index (Phi) is 4.55. The number of amides is 3. The Labute approximate surface area is 142 Å². The van der Waals surface area contributed by atoms with Crippen LogP contribution in [0, 0.1) is 0 Å². The van der Waals surface area contributed by atoms with E-state index >= 15 is 0 Å². The van der Waals surface area contributed by atoms with Gasteiger partial charge in [-0.25, -0.2) is 0 Å². The maximum absolute atomic E-state index is 12.6. The van der Waals surface area contributed by atoms with E-state index in [1.54, 1.807) is 21.7 Å². The highest BCUT2D eigenvalue weighted by Gasteiger charge is 2.32. The van der Waals surface area contributed by atoms with Gasteiger partial charge in [-0.2, -0.15) is 0 Å². The third-order valence-corrected chi connectivity index (χ3v) is 5.05. The molecule has 6 heteroatoms. The predicted octanol–water partition coefficient (Wildman–Crippen LogP) is 1.05. The van der Waals surface area contributed by atoms with Crippen molar-refractivity contribution in [3.05, 3.63) is 29.8 Å². The molecule has 1 saturated heterocycles. The van der Waals surface area contributed by atoms with Crippen LogP contribution in [0.1, 0.15) is 25.3 Å². The average molecular weight is 329 g/mol. The number of carbonyl (C=O) groups is 3. The number of anilines is 1. The molecule has 1 atom stereocenters. The minimum atomic E-state index is -0.0560. The minimum absolute atomic E-state index is 0.00125. The zero-order valence-corrected chi connectivity index (χ0v) is 14.2. The first-order valence-electron chi connectivity index (χ1n) is 8.37. The number of rotatable bonds is 3. The maximum Gasteiger partial charge on any atom is 0.242 e. The molecular weight excluding hydrogens is 306 g/mol. The number of hydrogen-bond donors (Lipinski definition) is 0. The summed E-state index contributed by atoms with van der Waals surface area (Å²) >= 11 is 0. The zero-order valence-electron chi connectivity index (χ0n) is 14.2. The van der Waals surface area contributed by atoms with Gasteiger partial charge >= 0.3 is 0 Å². The van der Waals surface area contributed by atoms with Gasteiger partial charge in [0.2, 0.25) is 17.7 Å². The number of fused-ring (bicyclic) bond motifs is 1. The van der Waals surface area contributed by atoms with Crippen LogP contribution in [0.3, 0.4) is 0 Å². The molecule has 24 heavy (non-hydrogen) atoms. The molecule has 0 radical (unpaired) electrons. The van der Waals surface area contributed by atoms with Gasteiger partial charge in [0.15, 0.2) is 0 Å². The fourth-order valence-electron chi connectivity index (χ4n) is 3.45. The number of para-hydroxylation sites is 1. The van der Waals surface area contributed by atoms with Gasteiger partial charge in [0.25, 0.3) is 0 Å². The highest BCUT2D eigenvalue weighted by Crippen LogP contribution is 2.27. The van der Waals surface area contributed by atoms with E-state index in [1.807, 2.05) is 24.3 Å². The van der Waals surface area contributed by atoms with Crippen molar-refractivity contribution in [3.8, 4) is 0 Å². The molecule has 1 fully saturated rings. The fourth-order valence-corrected chi connectivity index (χ4v) is 3.45. The minimum Gasteiger partial charge on any atom is -0.341 e. The van der Waals surface area contributed by atoms with Crippen molar-refractivity contribution in [3.63, 3.8) is 0 Å². The monoisotopic (exact) mass is 329 g/mol. The number of carbonyl (C=O) groups excluding carboxylic acids is 3. The summed E-state index contributed by atoms with van der Waals surface area (Å²) in [6, 6.07) is 7.82. The molecule has 0 aliphatic carbocycles. The number of likely N-dealkylation sites (N-methyl/N-ethyl adjacent to an activating group) is 1. The van der Waals surface area contributed by atoms with E-state index in [4.69, 9.17) is 0 Å². The van der Waals surface area contributed by atoms with Crippen LogP contribution < -0.4 is 4.90 Å². The van der Waals surface area contributed by atoms with Crippen LogP contribution in [0.4, 0.5) is 5.69 Å². The second-order valence-corrected chi connectivity index (χ2v) is 6.52. The van der Waals surface area contributed by atoms with E-state index in [-0.39, 0.29) is 30.3 Å². The van der Waals surface area contributed by atoms with Crippen molar-refractivity contribution in [2.24, 2.45) is 0 Å². The Bertz CT molecular complexity index is 673. The molecule has 1 aromatic rings. The van der Waals surface area contributed by atoms with E-state index in [2.05, 4.69) is 0 Å². The lowest BCUT2D eigenvalue weighted by Crippen LogP contribution is -2.45. The summed E-state index contributed by atoms with van der Waals surface area (Å²) in [4.78, 5) is 41.4. The quantitative estimate of drug-likeness (QED) is 0.833. The molecule has 0 aromatic heterocycles. The highest BCUT2D eigenvalue weighted by atomic mass is 16.2. The van der Waals surface area contributed by atoms with Crippen LogP contribution in [0.2, 0.25) is 0 Å². The maximum atomic E-state index is 12.6. The first-order valence-corrected chi connectivity index (χ1v) is 8.37. The van der Waals surface area contributed by atoms with Crippen molar-refractivity contribution in [1.82, 2.24) is 9.80 Å². The smallest absolute Gasteiger partial charge is 0.242 e. The molecular formula is C18H23N3O3. The van der Waals surface area contributed by atoms with E-state index < -0.39 is 0 Å². The number of aryl methyl sites for hydroxylation is 1. The van der Waals surface area contributed by atoms with Crippen molar-refractivity contribution < 1.29 is 14.4 Å². The van der Waals surface area contributed by atoms with E-state index in [0.29, 0.717) is 19.5 Å². The molecule has 1 aromatic carbocycles. The van der Waals surface area contributed by atoms with Gasteiger partial charge in [-0.15, -0.1) is 0 Å². The Morgan fingerprint density at radius 1 is 1.25 bits per heavy atom. The molecule has 3 amide bonds. The first kappa shape index (κ1) is 16.5. The van der Waals surface area contributed by atoms with Crippen LogP contribution in [0.15, 0.2) is 24.3 Å². The third kappa shape index (κ3) is 3.13. The molecule has 128 valence electrons. The average Bonchev–Trinajstić information content (AvgIpc) is 3.06. The van der Waals surface area contributed by atoms with Crippen LogP contribution in [-0.2, 0) is 20.8 Å². The van der Waals surface area contributed by atoms with Gasteiger partial charge in [-0.3, -0.25) is 14.4 Å². The molecule has 0 N–H and O–H groups in total. The molecule has 6 nitrogen and oxygen atoms in total. The molecule has 2 aliphatic heterocycles. The molecule has 2 aliphatic rings. The van der Waals surface area contributed by atoms with Crippen molar-refractivity contribution >= 4 is 23.4 Å². The summed E-state index contributed by atoms with van der Waals surface area (Å²) in [7, 11) is 1.77. The Morgan fingerprint density at radius 2 is 2.00 bits per heavy atom. The van der Waals surface area contributed by atoms with E-state index in [9.17, 15) is 14.4 Å². The predicted molar refractivity (Wildman–Crippen MR) is 90.5 cm³/mol. The number of likely N-dealkylation sites (tertiary alicyclic amines) is 1. The number of nitrogens with zero attached hydrogens (tertiary/aromatic N) is 3. The van der Waals surface area contributed by atoms with E-state index in [0.717, 1.165) is 24.1 Å². The Morgan fingerprint density at radius 3 is 2.75 bits per heavy atom. The second-order valence-electron chi connectivity index (χ2n) is 6.52. The molecule has 0 saturated carbocycles. The normalized spacial score (nSPS) is 20.1. The standard InChI is InChI=1S/C18H23N3O3/c1-13(22)19(2)15-9-10-20(11-15)18(24)12-21-16-6-4-3-5-14(16)7-8-17(21)23/h3-6,15H,7-12H2,1-2H3/t15-/m0/s1. The SMILES string of the molecule is CC(=O)N(C)[C@H]1CCN(C(=O)CN2C(=O)CCc3ccccc32)C1. The Balaban J connectivity index is 1.67. The highest BCUT2D eigenvalue weighted by molar-refractivity contribution is 6.01. The molecule has 0 unspecified atom stereocenters. The van der Waals surface area contributed by atoms with Gasteiger partial charge in [-0.1, -0.05) is 18.2 Å². The van der Waals surface area contributed by atoms with Crippen molar-refractivity contribution in [2.75, 3.05) is 31.6 Å². The lowest BCUT2D eigenvalue weighted by atomic mass is 10.0. The first-order chi connectivity index (χ1) is 11.5. The lowest BCUT2D eigenvalue weighted by Gasteiger charge is -2.30. The van der Waals surface area contributed by atoms with E-state index in [1.165, 1.54) is 6.92 Å². The third-order valence-electron chi connectivity index (χ3n) is 5.05. The molecule has 0 spiro atoms. The molecule has 3 rings (SSSR count). The lowest BCUT2D eigenvalue weighted by molar-refractivity contribution is -0.132. The number of hydrogen-bond acceptors (Lipinski definition) is 3. The van der Waals surface area contributed by atoms with Crippen molar-refractivity contribution in [1.29, 1.82) is 0 Å². The van der Waals surface area contributed by atoms with Gasteiger partial charge in [0, 0.05) is 39.2 Å². The Hall–Kier alpha value is -2.37. The largest absolute Gasteiger partial charge is 0.341 e.